The van der Waals surface area contributed by atoms with Gasteiger partial charge in [0.2, 0.25) is 5.91 Å². The third-order valence-corrected chi connectivity index (χ3v) is 8.00. The molecule has 2 aromatic carbocycles. The van der Waals surface area contributed by atoms with Crippen molar-refractivity contribution in [1.82, 2.24) is 20.1 Å². The minimum Gasteiger partial charge on any atom is -0.477 e. The number of hydrogen-bond donors (Lipinski definition) is 3. The van der Waals surface area contributed by atoms with Crippen LogP contribution in [0.3, 0.4) is 0 Å². The van der Waals surface area contributed by atoms with Crippen LogP contribution in [0.15, 0.2) is 69.0 Å². The maximum atomic E-state index is 13.4. The molecular formula is C26H24N4O7S. The molecule has 0 spiro atoms. The fourth-order valence-electron chi connectivity index (χ4n) is 4.67. The molecule has 3 aromatic rings. The molecule has 12 heteroatoms. The van der Waals surface area contributed by atoms with E-state index in [0.29, 0.717) is 34.5 Å². The Hall–Kier alpha value is -4.32. The van der Waals surface area contributed by atoms with Crippen LogP contribution < -0.4 is 16.4 Å². The van der Waals surface area contributed by atoms with Crippen LogP contribution in [0.5, 0.6) is 0 Å². The first-order valence-electron chi connectivity index (χ1n) is 11.9. The summed E-state index contributed by atoms with van der Waals surface area (Å²) < 4.78 is 6.59. The van der Waals surface area contributed by atoms with Gasteiger partial charge in [-0.1, -0.05) is 30.3 Å². The summed E-state index contributed by atoms with van der Waals surface area (Å²) in [5.74, 6) is -3.00. The number of aromatic nitrogens is 1. The maximum Gasteiger partial charge on any atom is 0.419 e. The predicted molar refractivity (Wildman–Crippen MR) is 138 cm³/mol. The number of β-lactam (4-membered cyclic amide) rings is 1. The van der Waals surface area contributed by atoms with Gasteiger partial charge in [-0.3, -0.25) is 23.9 Å². The number of carboxylic acid groups (broad SMARTS) is 1. The van der Waals surface area contributed by atoms with Crippen molar-refractivity contribution in [2.75, 3.05) is 5.75 Å². The van der Waals surface area contributed by atoms with Gasteiger partial charge in [0.15, 0.2) is 5.58 Å². The normalized spacial score (nSPS) is 19.5. The van der Waals surface area contributed by atoms with Crippen molar-refractivity contribution in [3.8, 4) is 0 Å². The van der Waals surface area contributed by atoms with E-state index in [1.165, 1.54) is 39.4 Å². The highest BCUT2D eigenvalue weighted by Crippen LogP contribution is 2.40. The number of thioether (sulfide) groups is 1. The van der Waals surface area contributed by atoms with Gasteiger partial charge >= 0.3 is 11.7 Å². The molecule has 1 aromatic heterocycles. The van der Waals surface area contributed by atoms with Crippen LogP contribution in [0.2, 0.25) is 0 Å². The molecule has 2 aliphatic heterocycles. The third-order valence-electron chi connectivity index (χ3n) is 6.58. The SMILES string of the molecule is CCn1c(=O)oc2ccc(C(=O)NC(C(=O)NC3C(=O)N4C(C(=O)O)=C(C)CSC34)c3ccccc3)cc21. The zero-order chi connectivity index (χ0) is 27.1. The molecule has 3 unspecified atom stereocenters. The summed E-state index contributed by atoms with van der Waals surface area (Å²) in [6.07, 6.45) is 0. The van der Waals surface area contributed by atoms with Crippen LogP contribution in [0.4, 0.5) is 0 Å². The minimum atomic E-state index is -1.19. The van der Waals surface area contributed by atoms with E-state index in [1.54, 1.807) is 44.2 Å². The molecule has 3 heterocycles. The van der Waals surface area contributed by atoms with Crippen molar-refractivity contribution < 1.29 is 28.7 Å². The number of amides is 3. The summed E-state index contributed by atoms with van der Waals surface area (Å²) in [7, 11) is 0. The number of aliphatic carboxylic acids is 1. The molecule has 3 N–H and O–H groups in total. The zero-order valence-corrected chi connectivity index (χ0v) is 21.3. The number of carbonyl (C=O) groups is 4. The first kappa shape index (κ1) is 25.3. The number of aryl methyl sites for hydroxylation is 1. The fourth-order valence-corrected chi connectivity index (χ4v) is 5.97. The third kappa shape index (κ3) is 4.26. The number of nitrogens with zero attached hydrogens (tertiary/aromatic N) is 2. The molecule has 0 bridgehead atoms. The van der Waals surface area contributed by atoms with Gasteiger partial charge < -0.3 is 20.2 Å². The van der Waals surface area contributed by atoms with Gasteiger partial charge in [-0.25, -0.2) is 9.59 Å². The number of carboxylic acids is 1. The lowest BCUT2D eigenvalue weighted by Crippen LogP contribution is -2.71. The minimum absolute atomic E-state index is 0.0580. The summed E-state index contributed by atoms with van der Waals surface area (Å²) in [4.78, 5) is 64.4. The van der Waals surface area contributed by atoms with E-state index < -0.39 is 46.9 Å². The van der Waals surface area contributed by atoms with Gasteiger partial charge in [0, 0.05) is 17.9 Å². The molecule has 0 saturated carbocycles. The van der Waals surface area contributed by atoms with E-state index in [-0.39, 0.29) is 11.3 Å². The number of benzene rings is 2. The molecule has 3 atom stereocenters. The van der Waals surface area contributed by atoms with Crippen molar-refractivity contribution in [2.24, 2.45) is 0 Å². The monoisotopic (exact) mass is 536 g/mol. The van der Waals surface area contributed by atoms with E-state index in [2.05, 4.69) is 10.6 Å². The average molecular weight is 537 g/mol. The summed E-state index contributed by atoms with van der Waals surface area (Å²) in [6.45, 7) is 3.80. The topological polar surface area (TPSA) is 151 Å². The van der Waals surface area contributed by atoms with E-state index >= 15 is 0 Å². The van der Waals surface area contributed by atoms with Crippen molar-refractivity contribution in [3.63, 3.8) is 0 Å². The molecule has 38 heavy (non-hydrogen) atoms. The largest absolute Gasteiger partial charge is 0.477 e. The van der Waals surface area contributed by atoms with Gasteiger partial charge in [-0.15, -0.1) is 11.8 Å². The molecule has 11 nitrogen and oxygen atoms in total. The Kier molecular flexibility index (Phi) is 6.57. The lowest BCUT2D eigenvalue weighted by atomic mass is 10.0. The van der Waals surface area contributed by atoms with Gasteiger partial charge in [0.05, 0.1) is 5.52 Å². The van der Waals surface area contributed by atoms with Crippen molar-refractivity contribution >= 4 is 46.6 Å². The number of oxazole rings is 1. The van der Waals surface area contributed by atoms with Crippen molar-refractivity contribution in [2.45, 2.75) is 37.8 Å². The molecule has 2 aliphatic rings. The number of nitrogens with one attached hydrogen (secondary N) is 2. The first-order valence-corrected chi connectivity index (χ1v) is 12.9. The Bertz CT molecular complexity index is 1560. The quantitative estimate of drug-likeness (QED) is 0.387. The molecule has 196 valence electrons. The van der Waals surface area contributed by atoms with Crippen LogP contribution in [0.1, 0.15) is 35.8 Å². The highest BCUT2D eigenvalue weighted by Gasteiger charge is 2.54. The van der Waals surface area contributed by atoms with E-state index in [1.807, 2.05) is 0 Å². The van der Waals surface area contributed by atoms with Gasteiger partial charge in [-0.2, -0.15) is 0 Å². The average Bonchev–Trinajstić information content (AvgIpc) is 3.24. The maximum absolute atomic E-state index is 13.4. The van der Waals surface area contributed by atoms with Crippen LogP contribution >= 0.6 is 11.8 Å². The van der Waals surface area contributed by atoms with Gasteiger partial charge in [0.1, 0.15) is 23.2 Å². The first-order chi connectivity index (χ1) is 18.2. The smallest absolute Gasteiger partial charge is 0.419 e. The Morgan fingerprint density at radius 1 is 1.16 bits per heavy atom. The molecule has 0 aliphatic carbocycles. The number of fused-ring (bicyclic) bond motifs is 2. The van der Waals surface area contributed by atoms with E-state index in [4.69, 9.17) is 4.42 Å². The fraction of sp³-hybridized carbons (Fsp3) is 0.269. The number of rotatable bonds is 7. The van der Waals surface area contributed by atoms with Crippen molar-refractivity contribution in [1.29, 1.82) is 0 Å². The molecule has 1 fully saturated rings. The van der Waals surface area contributed by atoms with Crippen LogP contribution in [0, 0.1) is 0 Å². The molecule has 5 rings (SSSR count). The second-order valence-corrected chi connectivity index (χ2v) is 10.0. The Balaban J connectivity index is 1.39. The number of hydrogen-bond acceptors (Lipinski definition) is 7. The van der Waals surface area contributed by atoms with Crippen LogP contribution in [0.25, 0.3) is 11.1 Å². The predicted octanol–water partition coefficient (Wildman–Crippen LogP) is 1.84. The summed E-state index contributed by atoms with van der Waals surface area (Å²) in [5.41, 5.74) is 2.03. The number of carbonyl (C=O) groups excluding carboxylic acids is 3. The van der Waals surface area contributed by atoms with Gasteiger partial charge in [0.25, 0.3) is 11.8 Å². The Morgan fingerprint density at radius 3 is 2.58 bits per heavy atom. The standard InChI is InChI=1S/C26H24N4O7S/c1-3-29-16-11-15(9-10-17(16)37-26(29)36)21(31)27-18(14-7-5-4-6-8-14)22(32)28-19-23(33)30-20(25(34)35)13(2)12-38-24(19)30/h4-11,18-19,24H,3,12H2,1-2H3,(H,27,31)(H,28,32)(H,34,35). The summed E-state index contributed by atoms with van der Waals surface area (Å²) >= 11 is 1.37. The van der Waals surface area contributed by atoms with E-state index in [0.717, 1.165) is 0 Å². The molecule has 3 amide bonds. The Morgan fingerprint density at radius 2 is 1.89 bits per heavy atom. The molecular weight excluding hydrogens is 512 g/mol. The lowest BCUT2D eigenvalue weighted by molar-refractivity contribution is -0.151. The highest BCUT2D eigenvalue weighted by molar-refractivity contribution is 8.00. The zero-order valence-electron chi connectivity index (χ0n) is 20.5. The van der Waals surface area contributed by atoms with Crippen molar-refractivity contribution in [3.05, 3.63) is 81.5 Å². The van der Waals surface area contributed by atoms with Crippen LogP contribution in [-0.2, 0) is 20.9 Å². The van der Waals surface area contributed by atoms with Gasteiger partial charge in [-0.05, 0) is 43.2 Å². The summed E-state index contributed by atoms with van der Waals surface area (Å²) in [5, 5.41) is 14.4. The second-order valence-electron chi connectivity index (χ2n) is 8.94. The summed E-state index contributed by atoms with van der Waals surface area (Å²) in [6, 6.07) is 11.0. The lowest BCUT2D eigenvalue weighted by Gasteiger charge is -2.49. The molecule has 0 radical (unpaired) electrons. The van der Waals surface area contributed by atoms with E-state index in [9.17, 15) is 29.1 Å². The molecule has 1 saturated heterocycles. The highest BCUT2D eigenvalue weighted by atomic mass is 32.2. The second kappa shape index (κ2) is 9.86. The van der Waals surface area contributed by atoms with Crippen LogP contribution in [-0.4, -0.2) is 55.4 Å². The Labute approximate surface area is 220 Å².